The Morgan fingerprint density at radius 1 is 1.08 bits per heavy atom. The summed E-state index contributed by atoms with van der Waals surface area (Å²) in [5, 5.41) is 0. The van der Waals surface area contributed by atoms with Gasteiger partial charge in [-0.25, -0.2) is 9.18 Å². The van der Waals surface area contributed by atoms with Crippen LogP contribution < -0.4 is 0 Å². The van der Waals surface area contributed by atoms with Gasteiger partial charge in [-0.15, -0.1) is 0 Å². The zero-order valence-corrected chi connectivity index (χ0v) is 22.5. The van der Waals surface area contributed by atoms with E-state index in [1.165, 1.54) is 13.2 Å². The highest BCUT2D eigenvalue weighted by Gasteiger charge is 2.76. The zero-order chi connectivity index (χ0) is 29.0. The first kappa shape index (κ1) is 29.6. The fourth-order valence-corrected chi connectivity index (χ4v) is 8.06. The van der Waals surface area contributed by atoms with Crippen LogP contribution in [0.5, 0.6) is 0 Å². The monoisotopic (exact) mass is 562 g/mol. The van der Waals surface area contributed by atoms with E-state index in [9.17, 15) is 32.3 Å². The standard InChI is InChI=1S/C27H34F4O8/c1-15(32)37-13-20(34)25(38-14-36-4)10-8-18-19-6-5-16-11-17(33)7-9-23(16,2)26(19,28)21(12-24(18,25)3)39-22(35)27(29,30)31/h11,18-19,21H,5-10,12-14H2,1-4H3/t18-,19-,21-,23-,24-,25-,26-/m0/s1. The molecule has 7 atom stereocenters. The van der Waals surface area contributed by atoms with Crippen molar-refractivity contribution in [3.8, 4) is 0 Å². The minimum absolute atomic E-state index is 0.0159. The average molecular weight is 563 g/mol. The van der Waals surface area contributed by atoms with Crippen LogP contribution in [0.4, 0.5) is 17.6 Å². The lowest BCUT2D eigenvalue weighted by Crippen LogP contribution is -2.70. The smallest absolute Gasteiger partial charge is 0.458 e. The number of Topliss-reactive ketones (excluding diaryl/α,β-unsaturated/α-hetero) is 1. The van der Waals surface area contributed by atoms with E-state index in [2.05, 4.69) is 0 Å². The Morgan fingerprint density at radius 3 is 2.38 bits per heavy atom. The molecule has 0 saturated heterocycles. The van der Waals surface area contributed by atoms with Crippen LogP contribution in [0.2, 0.25) is 0 Å². The Morgan fingerprint density at radius 2 is 1.77 bits per heavy atom. The number of allylic oxidation sites excluding steroid dienone is 1. The maximum atomic E-state index is 17.8. The maximum Gasteiger partial charge on any atom is 0.490 e. The third-order valence-corrected chi connectivity index (χ3v) is 9.90. The van der Waals surface area contributed by atoms with Crippen molar-refractivity contribution in [2.45, 2.75) is 89.3 Å². The number of ether oxygens (including phenoxy) is 4. The van der Waals surface area contributed by atoms with Crippen molar-refractivity contribution in [1.29, 1.82) is 0 Å². The molecule has 4 aliphatic rings. The van der Waals surface area contributed by atoms with Gasteiger partial charge < -0.3 is 18.9 Å². The van der Waals surface area contributed by atoms with E-state index in [4.69, 9.17) is 18.9 Å². The van der Waals surface area contributed by atoms with Gasteiger partial charge in [-0.3, -0.25) is 14.4 Å². The summed E-state index contributed by atoms with van der Waals surface area (Å²) in [6, 6.07) is 0. The van der Waals surface area contributed by atoms with E-state index in [1.54, 1.807) is 13.8 Å². The summed E-state index contributed by atoms with van der Waals surface area (Å²) >= 11 is 0. The number of methoxy groups -OCH3 is 1. The van der Waals surface area contributed by atoms with Crippen LogP contribution in [0.3, 0.4) is 0 Å². The predicted octanol–water partition coefficient (Wildman–Crippen LogP) is 4.19. The quantitative estimate of drug-likeness (QED) is 0.259. The topological polar surface area (TPSA) is 105 Å². The Bertz CT molecular complexity index is 1090. The molecule has 0 bridgehead atoms. The second-order valence-corrected chi connectivity index (χ2v) is 11.6. The Labute approximate surface area is 223 Å². The van der Waals surface area contributed by atoms with Crippen molar-refractivity contribution in [2.75, 3.05) is 20.5 Å². The summed E-state index contributed by atoms with van der Waals surface area (Å²) < 4.78 is 79.1. The van der Waals surface area contributed by atoms with Crippen molar-refractivity contribution in [2.24, 2.45) is 22.7 Å². The number of hydrogen-bond acceptors (Lipinski definition) is 8. The Kier molecular flexibility index (Phi) is 7.55. The molecule has 0 aromatic rings. The maximum absolute atomic E-state index is 17.8. The molecule has 0 spiro atoms. The molecule has 0 aromatic carbocycles. The van der Waals surface area contributed by atoms with Gasteiger partial charge in [0.2, 0.25) is 5.78 Å². The summed E-state index contributed by atoms with van der Waals surface area (Å²) in [6.07, 6.45) is -5.33. The number of halogens is 4. The summed E-state index contributed by atoms with van der Waals surface area (Å²) in [7, 11) is 1.33. The molecule has 0 amide bonds. The molecule has 3 fully saturated rings. The molecule has 0 aliphatic heterocycles. The van der Waals surface area contributed by atoms with Crippen molar-refractivity contribution in [3.05, 3.63) is 11.6 Å². The predicted molar refractivity (Wildman–Crippen MR) is 126 cm³/mol. The van der Waals surface area contributed by atoms with Crippen LogP contribution in [-0.4, -0.2) is 67.6 Å². The second kappa shape index (κ2) is 9.94. The van der Waals surface area contributed by atoms with E-state index >= 15 is 4.39 Å². The summed E-state index contributed by atoms with van der Waals surface area (Å²) in [6.45, 7) is 3.36. The van der Waals surface area contributed by atoms with Crippen LogP contribution in [0.15, 0.2) is 11.6 Å². The van der Waals surface area contributed by atoms with E-state index in [-0.39, 0.29) is 38.3 Å². The van der Waals surface area contributed by atoms with Gasteiger partial charge >= 0.3 is 18.1 Å². The molecule has 0 aromatic heterocycles. The van der Waals surface area contributed by atoms with Gasteiger partial charge in [0.05, 0.1) is 0 Å². The van der Waals surface area contributed by atoms with Gasteiger partial charge in [0.1, 0.15) is 18.5 Å². The van der Waals surface area contributed by atoms with Crippen LogP contribution in [0.1, 0.15) is 65.7 Å². The number of fused-ring (bicyclic) bond motifs is 5. The van der Waals surface area contributed by atoms with Crippen LogP contribution in [0, 0.1) is 22.7 Å². The third-order valence-electron chi connectivity index (χ3n) is 9.90. The molecule has 0 radical (unpaired) electrons. The van der Waals surface area contributed by atoms with E-state index in [0.717, 1.165) is 6.92 Å². The van der Waals surface area contributed by atoms with Gasteiger partial charge in [-0.2, -0.15) is 13.2 Å². The molecule has 39 heavy (non-hydrogen) atoms. The normalized spacial score (nSPS) is 39.6. The molecule has 218 valence electrons. The molecule has 3 saturated carbocycles. The number of esters is 2. The molecule has 4 rings (SSSR count). The van der Waals surface area contributed by atoms with Gasteiger partial charge in [0, 0.05) is 37.2 Å². The van der Waals surface area contributed by atoms with Crippen molar-refractivity contribution < 1.29 is 55.7 Å². The lowest BCUT2D eigenvalue weighted by Gasteiger charge is -2.64. The molecule has 4 aliphatic carbocycles. The average Bonchev–Trinajstić information content (AvgIpc) is 3.14. The van der Waals surface area contributed by atoms with E-state index in [0.29, 0.717) is 18.4 Å². The molecule has 0 heterocycles. The SMILES string of the molecule is COCO[C@]1(C(=O)COC(C)=O)CC[C@H]2[C@@H]3CCC4=CC(=O)CC[C@]4(C)[C@@]3(F)[C@@H](OC(=O)C(F)(F)F)C[C@@]21C. The summed E-state index contributed by atoms with van der Waals surface area (Å²) in [5.74, 6) is -5.48. The Balaban J connectivity index is 1.85. The summed E-state index contributed by atoms with van der Waals surface area (Å²) in [5.41, 5.74) is -6.25. The van der Waals surface area contributed by atoms with E-state index < -0.39 is 77.0 Å². The van der Waals surface area contributed by atoms with Crippen molar-refractivity contribution in [3.63, 3.8) is 0 Å². The fourth-order valence-electron chi connectivity index (χ4n) is 8.06. The van der Waals surface area contributed by atoms with Crippen molar-refractivity contribution >= 4 is 23.5 Å². The number of ketones is 2. The number of rotatable bonds is 7. The van der Waals surface area contributed by atoms with Gasteiger partial charge in [-0.05, 0) is 50.5 Å². The second-order valence-electron chi connectivity index (χ2n) is 11.6. The molecule has 8 nitrogen and oxygen atoms in total. The lowest BCUT2D eigenvalue weighted by atomic mass is 9.43. The first-order chi connectivity index (χ1) is 18.1. The van der Waals surface area contributed by atoms with Crippen LogP contribution >= 0.6 is 0 Å². The Hall–Kier alpha value is -2.34. The highest BCUT2D eigenvalue weighted by Crippen LogP contribution is 2.71. The molecular weight excluding hydrogens is 528 g/mol. The van der Waals surface area contributed by atoms with Gasteiger partial charge in [0.15, 0.2) is 18.1 Å². The van der Waals surface area contributed by atoms with E-state index in [1.807, 2.05) is 0 Å². The van der Waals surface area contributed by atoms with Crippen molar-refractivity contribution in [1.82, 2.24) is 0 Å². The van der Waals surface area contributed by atoms with Gasteiger partial charge in [0.25, 0.3) is 0 Å². The minimum atomic E-state index is -5.37. The molecule has 0 N–H and O–H groups in total. The van der Waals surface area contributed by atoms with Crippen LogP contribution in [-0.2, 0) is 38.1 Å². The first-order valence-corrected chi connectivity index (χ1v) is 13.1. The highest BCUT2D eigenvalue weighted by atomic mass is 19.4. The molecule has 0 unspecified atom stereocenters. The van der Waals surface area contributed by atoms with Crippen LogP contribution in [0.25, 0.3) is 0 Å². The highest BCUT2D eigenvalue weighted by molar-refractivity contribution is 5.92. The number of carbonyl (C=O) groups is 4. The number of hydrogen-bond donors (Lipinski definition) is 0. The molecule has 12 heteroatoms. The van der Waals surface area contributed by atoms with Gasteiger partial charge in [-0.1, -0.05) is 19.4 Å². The summed E-state index contributed by atoms with van der Waals surface area (Å²) in [4.78, 5) is 49.4. The minimum Gasteiger partial charge on any atom is -0.458 e. The first-order valence-electron chi connectivity index (χ1n) is 13.1. The molecular formula is C27H34F4O8. The largest absolute Gasteiger partial charge is 0.490 e. The number of carbonyl (C=O) groups excluding carboxylic acids is 4. The lowest BCUT2D eigenvalue weighted by molar-refractivity contribution is -0.262. The third kappa shape index (κ3) is 4.42. The number of alkyl halides is 4. The zero-order valence-electron chi connectivity index (χ0n) is 22.5. The fraction of sp³-hybridized carbons (Fsp3) is 0.778.